The number of piperazine rings is 1. The smallest absolute Gasteiger partial charge is 0.266 e. The lowest BCUT2D eigenvalue weighted by Crippen LogP contribution is -2.44. The van der Waals surface area contributed by atoms with Crippen LogP contribution in [0.3, 0.4) is 0 Å². The number of nitrogens with zero attached hydrogens (tertiary/aromatic N) is 4. The van der Waals surface area contributed by atoms with Gasteiger partial charge >= 0.3 is 0 Å². The van der Waals surface area contributed by atoms with Crippen molar-refractivity contribution in [2.24, 2.45) is 0 Å². The quantitative estimate of drug-likeness (QED) is 0.858. The number of carbonyl (C=O) groups excluding carboxylic acids is 2. The molecule has 3 heterocycles. The molecular formula is C20H23N5O3. The number of benzene rings is 1. The number of carbonyl (C=O) groups is 2. The summed E-state index contributed by atoms with van der Waals surface area (Å²) in [7, 11) is 2.13. The van der Waals surface area contributed by atoms with E-state index < -0.39 is 0 Å². The van der Waals surface area contributed by atoms with Crippen molar-refractivity contribution >= 4 is 29.0 Å². The van der Waals surface area contributed by atoms with Crippen LogP contribution in [0.25, 0.3) is 0 Å². The third kappa shape index (κ3) is 3.91. The van der Waals surface area contributed by atoms with Crippen molar-refractivity contribution in [3.63, 3.8) is 0 Å². The number of amides is 2. The van der Waals surface area contributed by atoms with E-state index in [0.717, 1.165) is 31.9 Å². The molecule has 0 saturated carbocycles. The second-order valence-electron chi connectivity index (χ2n) is 6.98. The van der Waals surface area contributed by atoms with Crippen LogP contribution in [-0.2, 0) is 9.59 Å². The van der Waals surface area contributed by atoms with Crippen LogP contribution in [0.5, 0.6) is 5.75 Å². The number of aromatic nitrogens is 1. The van der Waals surface area contributed by atoms with Gasteiger partial charge in [0.15, 0.2) is 18.2 Å². The number of hydrogen-bond acceptors (Lipinski definition) is 6. The largest absolute Gasteiger partial charge is 0.480 e. The van der Waals surface area contributed by atoms with Crippen molar-refractivity contribution in [2.75, 3.05) is 61.5 Å². The fourth-order valence-corrected chi connectivity index (χ4v) is 3.36. The Morgan fingerprint density at radius 1 is 1.14 bits per heavy atom. The molecule has 1 aromatic carbocycles. The topological polar surface area (TPSA) is 78.0 Å². The summed E-state index contributed by atoms with van der Waals surface area (Å²) in [6.07, 6.45) is 1.57. The highest BCUT2D eigenvalue weighted by Gasteiger charge is 2.28. The number of hydrogen-bond donors (Lipinski definition) is 1. The van der Waals surface area contributed by atoms with Gasteiger partial charge in [0.2, 0.25) is 5.91 Å². The first-order valence-electron chi connectivity index (χ1n) is 9.32. The first kappa shape index (κ1) is 18.2. The molecule has 0 bridgehead atoms. The first-order chi connectivity index (χ1) is 13.6. The van der Waals surface area contributed by atoms with E-state index in [-0.39, 0.29) is 25.0 Å². The molecule has 2 aromatic rings. The summed E-state index contributed by atoms with van der Waals surface area (Å²) in [5, 5.41) is 2.85. The van der Waals surface area contributed by atoms with Crippen LogP contribution in [0.1, 0.15) is 0 Å². The molecule has 2 aliphatic heterocycles. The maximum atomic E-state index is 12.5. The van der Waals surface area contributed by atoms with Gasteiger partial charge in [-0.2, -0.15) is 0 Å². The van der Waals surface area contributed by atoms with Gasteiger partial charge in [0.1, 0.15) is 6.54 Å². The van der Waals surface area contributed by atoms with E-state index in [2.05, 4.69) is 27.1 Å². The zero-order valence-corrected chi connectivity index (χ0v) is 15.8. The number of pyridine rings is 1. The molecule has 4 rings (SSSR count). The Morgan fingerprint density at radius 2 is 1.89 bits per heavy atom. The van der Waals surface area contributed by atoms with E-state index in [1.807, 2.05) is 24.3 Å². The van der Waals surface area contributed by atoms with Crippen molar-refractivity contribution in [1.29, 1.82) is 0 Å². The normalized spacial score (nSPS) is 17.1. The van der Waals surface area contributed by atoms with E-state index in [1.165, 1.54) is 4.90 Å². The molecule has 0 atom stereocenters. The lowest BCUT2D eigenvalue weighted by atomic mass is 10.2. The molecule has 0 aliphatic carbocycles. The Kier molecular flexibility index (Phi) is 5.12. The number of nitrogens with one attached hydrogen (secondary N) is 1. The van der Waals surface area contributed by atoms with E-state index in [9.17, 15) is 9.59 Å². The molecule has 1 fully saturated rings. The lowest BCUT2D eigenvalue weighted by molar-refractivity contribution is -0.123. The van der Waals surface area contributed by atoms with Crippen LogP contribution in [0.2, 0.25) is 0 Å². The van der Waals surface area contributed by atoms with Gasteiger partial charge < -0.3 is 19.9 Å². The third-order valence-corrected chi connectivity index (χ3v) is 4.98. The van der Waals surface area contributed by atoms with E-state index in [1.54, 1.807) is 18.3 Å². The maximum Gasteiger partial charge on any atom is 0.266 e. The van der Waals surface area contributed by atoms with Crippen molar-refractivity contribution in [1.82, 2.24) is 9.88 Å². The second kappa shape index (κ2) is 7.85. The summed E-state index contributed by atoms with van der Waals surface area (Å²) < 4.78 is 5.35. The summed E-state index contributed by atoms with van der Waals surface area (Å²) in [5.74, 6) is 0.316. The summed E-state index contributed by atoms with van der Waals surface area (Å²) in [5.41, 5.74) is 1.84. The Morgan fingerprint density at radius 3 is 2.64 bits per heavy atom. The fraction of sp³-hybridized carbons (Fsp3) is 0.350. The Bertz CT molecular complexity index is 862. The highest BCUT2D eigenvalue weighted by molar-refractivity contribution is 6.04. The average molecular weight is 381 g/mol. The van der Waals surface area contributed by atoms with Crippen LogP contribution in [0.4, 0.5) is 17.2 Å². The predicted octanol–water partition coefficient (Wildman–Crippen LogP) is 1.20. The standard InChI is InChI=1S/C20H23N5O3/c1-23-9-11-24(12-10-23)16-6-4-15(5-7-16)22-18(26)13-25-19(27)14-28-17-3-2-8-21-20(17)25/h2-8H,9-14H2,1H3,(H,22,26). The van der Waals surface area contributed by atoms with E-state index >= 15 is 0 Å². The van der Waals surface area contributed by atoms with Crippen LogP contribution in [0, 0.1) is 0 Å². The van der Waals surface area contributed by atoms with Crippen molar-refractivity contribution in [3.8, 4) is 5.75 Å². The SMILES string of the molecule is CN1CCN(c2ccc(NC(=O)CN3C(=O)COc4cccnc43)cc2)CC1. The van der Waals surface area contributed by atoms with Gasteiger partial charge in [-0.15, -0.1) is 0 Å². The number of fused-ring (bicyclic) bond motifs is 1. The maximum absolute atomic E-state index is 12.5. The van der Waals surface area contributed by atoms with E-state index in [0.29, 0.717) is 17.3 Å². The number of anilines is 3. The zero-order chi connectivity index (χ0) is 19.5. The molecule has 0 unspecified atom stereocenters. The molecule has 28 heavy (non-hydrogen) atoms. The van der Waals surface area contributed by atoms with Gasteiger partial charge in [0, 0.05) is 43.8 Å². The molecule has 1 N–H and O–H groups in total. The summed E-state index contributed by atoms with van der Waals surface area (Å²) in [6, 6.07) is 11.3. The summed E-state index contributed by atoms with van der Waals surface area (Å²) in [4.78, 5) is 34.8. The third-order valence-electron chi connectivity index (χ3n) is 4.98. The molecular weight excluding hydrogens is 358 g/mol. The minimum absolute atomic E-state index is 0.0916. The summed E-state index contributed by atoms with van der Waals surface area (Å²) >= 11 is 0. The monoisotopic (exact) mass is 381 g/mol. The molecule has 1 saturated heterocycles. The summed E-state index contributed by atoms with van der Waals surface area (Å²) in [6.45, 7) is 3.88. The van der Waals surface area contributed by atoms with Gasteiger partial charge in [0.05, 0.1) is 0 Å². The molecule has 146 valence electrons. The van der Waals surface area contributed by atoms with Crippen molar-refractivity contribution < 1.29 is 14.3 Å². The van der Waals surface area contributed by atoms with Crippen molar-refractivity contribution in [3.05, 3.63) is 42.6 Å². The molecule has 8 heteroatoms. The van der Waals surface area contributed by atoms with Crippen LogP contribution < -0.4 is 19.9 Å². The van der Waals surface area contributed by atoms with Crippen LogP contribution in [-0.4, -0.2) is 68.1 Å². The van der Waals surface area contributed by atoms with Gasteiger partial charge in [0.25, 0.3) is 5.91 Å². The molecule has 2 aliphatic rings. The number of ether oxygens (including phenoxy) is 1. The van der Waals surface area contributed by atoms with Crippen molar-refractivity contribution in [2.45, 2.75) is 0 Å². The minimum atomic E-state index is -0.285. The van der Waals surface area contributed by atoms with Crippen LogP contribution in [0.15, 0.2) is 42.6 Å². The molecule has 0 radical (unpaired) electrons. The predicted molar refractivity (Wildman–Crippen MR) is 107 cm³/mol. The highest BCUT2D eigenvalue weighted by Crippen LogP contribution is 2.28. The van der Waals surface area contributed by atoms with Gasteiger partial charge in [-0.25, -0.2) is 4.98 Å². The Hall–Kier alpha value is -3.13. The molecule has 8 nitrogen and oxygen atoms in total. The second-order valence-corrected chi connectivity index (χ2v) is 6.98. The number of rotatable bonds is 4. The average Bonchev–Trinajstić information content (AvgIpc) is 2.71. The fourth-order valence-electron chi connectivity index (χ4n) is 3.36. The van der Waals surface area contributed by atoms with Crippen LogP contribution >= 0.6 is 0 Å². The van der Waals surface area contributed by atoms with Gasteiger partial charge in [-0.3, -0.25) is 14.5 Å². The first-order valence-corrected chi connectivity index (χ1v) is 9.32. The molecule has 2 amide bonds. The zero-order valence-electron chi connectivity index (χ0n) is 15.8. The Labute approximate surface area is 163 Å². The highest BCUT2D eigenvalue weighted by atomic mass is 16.5. The van der Waals surface area contributed by atoms with E-state index in [4.69, 9.17) is 4.74 Å². The molecule has 0 spiro atoms. The van der Waals surface area contributed by atoms with Gasteiger partial charge in [-0.05, 0) is 43.4 Å². The lowest BCUT2D eigenvalue weighted by Gasteiger charge is -2.34. The van der Waals surface area contributed by atoms with Gasteiger partial charge in [-0.1, -0.05) is 0 Å². The Balaban J connectivity index is 1.38. The number of likely N-dealkylation sites (N-methyl/N-ethyl adjacent to an activating group) is 1. The molecule has 1 aromatic heterocycles. The minimum Gasteiger partial charge on any atom is -0.480 e.